The van der Waals surface area contributed by atoms with Gasteiger partial charge in [0.15, 0.2) is 0 Å². The molecular weight excluding hydrogens is 280 g/mol. The summed E-state index contributed by atoms with van der Waals surface area (Å²) in [6.45, 7) is 0. The summed E-state index contributed by atoms with van der Waals surface area (Å²) in [6.07, 6.45) is 3.53. The molecule has 2 heterocycles. The van der Waals surface area contributed by atoms with Crippen molar-refractivity contribution in [1.29, 1.82) is 0 Å². The summed E-state index contributed by atoms with van der Waals surface area (Å²) in [7, 11) is 1.65. The number of nitrogens with one attached hydrogen (secondary N) is 1. The fourth-order valence-corrected chi connectivity index (χ4v) is 2.50. The molecule has 4 rings (SSSR count). The second-order valence-corrected chi connectivity index (χ2v) is 5.47. The number of ether oxygens (including phenoxy) is 1. The Labute approximate surface area is 127 Å². The van der Waals surface area contributed by atoms with Crippen LogP contribution in [0.2, 0.25) is 0 Å². The first-order valence-electron chi connectivity index (χ1n) is 7.37. The van der Waals surface area contributed by atoms with Crippen LogP contribution in [-0.4, -0.2) is 27.5 Å². The van der Waals surface area contributed by atoms with Gasteiger partial charge in [-0.15, -0.1) is 10.2 Å². The first-order chi connectivity index (χ1) is 10.8. The standard InChI is InChI=1S/C16H16N4O2/c1-21-12-7-5-10(6-8-12)13-9-14(18-17-13)16-20-19-15(22-16)11-3-2-4-11/h5-9,11H,2-4H2,1H3,(H,17,18). The molecule has 0 radical (unpaired) electrons. The summed E-state index contributed by atoms with van der Waals surface area (Å²) >= 11 is 0. The summed E-state index contributed by atoms with van der Waals surface area (Å²) in [4.78, 5) is 0. The molecular formula is C16H16N4O2. The summed E-state index contributed by atoms with van der Waals surface area (Å²) in [5.41, 5.74) is 2.58. The first-order valence-corrected chi connectivity index (χ1v) is 7.37. The molecule has 1 N–H and O–H groups in total. The highest BCUT2D eigenvalue weighted by molar-refractivity contribution is 5.64. The van der Waals surface area contributed by atoms with E-state index in [1.54, 1.807) is 7.11 Å². The number of H-pyrrole nitrogens is 1. The van der Waals surface area contributed by atoms with E-state index < -0.39 is 0 Å². The van der Waals surface area contributed by atoms with Crippen molar-refractivity contribution >= 4 is 0 Å². The highest BCUT2D eigenvalue weighted by Crippen LogP contribution is 2.36. The van der Waals surface area contributed by atoms with Crippen molar-refractivity contribution in [3.63, 3.8) is 0 Å². The Hall–Kier alpha value is -2.63. The molecule has 1 aromatic carbocycles. The molecule has 112 valence electrons. The SMILES string of the molecule is COc1ccc(-c2cc(-c3nnc(C4CCC4)o3)[nH]n2)cc1. The summed E-state index contributed by atoms with van der Waals surface area (Å²) in [6, 6.07) is 9.66. The number of rotatable bonds is 4. The monoisotopic (exact) mass is 296 g/mol. The van der Waals surface area contributed by atoms with E-state index in [0.29, 0.717) is 11.8 Å². The Bertz CT molecular complexity index is 772. The van der Waals surface area contributed by atoms with E-state index >= 15 is 0 Å². The lowest BCUT2D eigenvalue weighted by atomic mass is 9.85. The van der Waals surface area contributed by atoms with E-state index in [9.17, 15) is 0 Å². The van der Waals surface area contributed by atoms with E-state index in [0.717, 1.165) is 41.4 Å². The molecule has 2 aromatic heterocycles. The van der Waals surface area contributed by atoms with Gasteiger partial charge in [0.2, 0.25) is 5.89 Å². The molecule has 0 spiro atoms. The molecule has 0 aliphatic heterocycles. The smallest absolute Gasteiger partial charge is 0.265 e. The van der Waals surface area contributed by atoms with Gasteiger partial charge in [0.25, 0.3) is 5.89 Å². The Morgan fingerprint density at radius 3 is 2.68 bits per heavy atom. The number of aromatic nitrogens is 4. The van der Waals surface area contributed by atoms with Crippen molar-refractivity contribution in [3.8, 4) is 28.6 Å². The van der Waals surface area contributed by atoms with Crippen LogP contribution in [0.4, 0.5) is 0 Å². The van der Waals surface area contributed by atoms with Gasteiger partial charge in [0.1, 0.15) is 11.4 Å². The lowest BCUT2D eigenvalue weighted by Crippen LogP contribution is -2.08. The van der Waals surface area contributed by atoms with E-state index in [2.05, 4.69) is 20.4 Å². The van der Waals surface area contributed by atoms with Gasteiger partial charge in [-0.1, -0.05) is 6.42 Å². The Morgan fingerprint density at radius 1 is 1.18 bits per heavy atom. The van der Waals surface area contributed by atoms with Crippen LogP contribution < -0.4 is 4.74 Å². The molecule has 1 saturated carbocycles. The molecule has 0 bridgehead atoms. The van der Waals surface area contributed by atoms with Crippen LogP contribution in [0, 0.1) is 0 Å². The molecule has 0 saturated heterocycles. The summed E-state index contributed by atoms with van der Waals surface area (Å²) in [5, 5.41) is 15.5. The van der Waals surface area contributed by atoms with Crippen LogP contribution in [0.5, 0.6) is 5.75 Å². The van der Waals surface area contributed by atoms with Gasteiger partial charge >= 0.3 is 0 Å². The minimum absolute atomic E-state index is 0.435. The lowest BCUT2D eigenvalue weighted by molar-refractivity contribution is 0.338. The van der Waals surface area contributed by atoms with Crippen molar-refractivity contribution < 1.29 is 9.15 Å². The summed E-state index contributed by atoms with van der Waals surface area (Å²) < 4.78 is 10.9. The van der Waals surface area contributed by atoms with Crippen molar-refractivity contribution in [2.75, 3.05) is 7.11 Å². The molecule has 1 fully saturated rings. The Morgan fingerprint density at radius 2 is 2.00 bits per heavy atom. The zero-order valence-corrected chi connectivity index (χ0v) is 12.2. The fourth-order valence-electron chi connectivity index (χ4n) is 2.50. The van der Waals surface area contributed by atoms with E-state index in [4.69, 9.17) is 9.15 Å². The number of hydrogen-bond acceptors (Lipinski definition) is 5. The maximum absolute atomic E-state index is 5.75. The molecule has 0 atom stereocenters. The van der Waals surface area contributed by atoms with E-state index in [-0.39, 0.29) is 0 Å². The number of hydrogen-bond donors (Lipinski definition) is 1. The van der Waals surface area contributed by atoms with Crippen molar-refractivity contribution in [2.24, 2.45) is 0 Å². The van der Waals surface area contributed by atoms with Crippen LogP contribution in [0.3, 0.4) is 0 Å². The average Bonchev–Trinajstić information content (AvgIpc) is 3.14. The minimum atomic E-state index is 0.435. The molecule has 6 nitrogen and oxygen atoms in total. The van der Waals surface area contributed by atoms with Crippen LogP contribution in [0.15, 0.2) is 34.7 Å². The Kier molecular flexibility index (Phi) is 3.14. The molecule has 0 unspecified atom stereocenters. The molecule has 3 aromatic rings. The zero-order chi connectivity index (χ0) is 14.9. The number of methoxy groups -OCH3 is 1. The van der Waals surface area contributed by atoms with E-state index in [1.807, 2.05) is 30.3 Å². The number of benzene rings is 1. The van der Waals surface area contributed by atoms with Crippen LogP contribution in [-0.2, 0) is 0 Å². The summed E-state index contributed by atoms with van der Waals surface area (Å²) in [5.74, 6) is 2.49. The quantitative estimate of drug-likeness (QED) is 0.798. The molecule has 22 heavy (non-hydrogen) atoms. The van der Waals surface area contributed by atoms with Gasteiger partial charge in [-0.2, -0.15) is 5.10 Å². The van der Waals surface area contributed by atoms with Gasteiger partial charge < -0.3 is 9.15 Å². The van der Waals surface area contributed by atoms with Crippen molar-refractivity contribution in [3.05, 3.63) is 36.2 Å². The normalized spacial score (nSPS) is 14.8. The third-order valence-corrected chi connectivity index (χ3v) is 4.09. The van der Waals surface area contributed by atoms with Gasteiger partial charge in [0.05, 0.1) is 12.8 Å². The van der Waals surface area contributed by atoms with Gasteiger partial charge in [-0.3, -0.25) is 5.10 Å². The fraction of sp³-hybridized carbons (Fsp3) is 0.312. The molecule has 6 heteroatoms. The second kappa shape index (κ2) is 5.29. The average molecular weight is 296 g/mol. The van der Waals surface area contributed by atoms with Crippen LogP contribution in [0.25, 0.3) is 22.8 Å². The predicted molar refractivity (Wildman–Crippen MR) is 80.5 cm³/mol. The number of aromatic amines is 1. The third kappa shape index (κ3) is 2.26. The lowest BCUT2D eigenvalue weighted by Gasteiger charge is -2.20. The maximum Gasteiger partial charge on any atom is 0.265 e. The highest BCUT2D eigenvalue weighted by atomic mass is 16.5. The zero-order valence-electron chi connectivity index (χ0n) is 12.2. The first kappa shape index (κ1) is 13.1. The topological polar surface area (TPSA) is 76.8 Å². The van der Waals surface area contributed by atoms with Crippen LogP contribution in [0.1, 0.15) is 31.1 Å². The largest absolute Gasteiger partial charge is 0.497 e. The van der Waals surface area contributed by atoms with Gasteiger partial charge in [-0.05, 0) is 43.2 Å². The van der Waals surface area contributed by atoms with E-state index in [1.165, 1.54) is 6.42 Å². The van der Waals surface area contributed by atoms with Crippen LogP contribution >= 0.6 is 0 Å². The highest BCUT2D eigenvalue weighted by Gasteiger charge is 2.25. The maximum atomic E-state index is 5.75. The Balaban J connectivity index is 1.58. The minimum Gasteiger partial charge on any atom is -0.497 e. The molecule has 0 amide bonds. The van der Waals surface area contributed by atoms with Crippen molar-refractivity contribution in [1.82, 2.24) is 20.4 Å². The van der Waals surface area contributed by atoms with Gasteiger partial charge in [0, 0.05) is 11.5 Å². The second-order valence-electron chi connectivity index (χ2n) is 5.47. The number of nitrogens with zero attached hydrogens (tertiary/aromatic N) is 3. The van der Waals surface area contributed by atoms with Gasteiger partial charge in [-0.25, -0.2) is 0 Å². The third-order valence-electron chi connectivity index (χ3n) is 4.09. The predicted octanol–water partition coefficient (Wildman–Crippen LogP) is 3.40. The molecule has 1 aliphatic rings. The van der Waals surface area contributed by atoms with Crippen molar-refractivity contribution in [2.45, 2.75) is 25.2 Å². The molecule has 1 aliphatic carbocycles.